The molecule has 3 rings (SSSR count). The molecule has 1 N–H and O–H groups in total. The van der Waals surface area contributed by atoms with Crippen LogP contribution in [0.2, 0.25) is 0 Å². The maximum absolute atomic E-state index is 13.3. The number of sulfonamides is 1. The number of hydrogen-bond donors (Lipinski definition) is 1. The fourth-order valence-corrected chi connectivity index (χ4v) is 4.59. The number of rotatable bonds is 7. The molecule has 0 bridgehead atoms. The van der Waals surface area contributed by atoms with Crippen LogP contribution in [0.3, 0.4) is 0 Å². The Kier molecular flexibility index (Phi) is 7.45. The van der Waals surface area contributed by atoms with Gasteiger partial charge in [0.25, 0.3) is 15.9 Å². The van der Waals surface area contributed by atoms with E-state index in [1.54, 1.807) is 49.4 Å². The van der Waals surface area contributed by atoms with Crippen molar-refractivity contribution in [2.45, 2.75) is 18.7 Å². The number of amides is 1. The Morgan fingerprint density at radius 1 is 0.968 bits per heavy atom. The molecule has 0 saturated carbocycles. The van der Waals surface area contributed by atoms with Crippen molar-refractivity contribution < 1.29 is 13.2 Å². The highest BCUT2D eigenvalue weighted by atomic mass is 127. The van der Waals surface area contributed by atoms with Crippen LogP contribution in [0.25, 0.3) is 0 Å². The molecule has 1 amide bonds. The van der Waals surface area contributed by atoms with Crippen molar-refractivity contribution in [1.82, 2.24) is 5.43 Å². The van der Waals surface area contributed by atoms with Crippen LogP contribution in [-0.4, -0.2) is 26.6 Å². The van der Waals surface area contributed by atoms with Crippen molar-refractivity contribution in [3.63, 3.8) is 0 Å². The van der Waals surface area contributed by atoms with E-state index in [2.05, 4.69) is 33.1 Å². The standard InChI is InChI=1S/C23H22IN3O3S/c1-17-8-14-22(15-9-17)31(29,30)27(21-6-4-3-5-7-21)16-23(28)26-25-18(2)19-10-12-20(24)13-11-19/h3-15H,16H2,1-2H3,(H,26,28)/b25-18-. The molecule has 8 heteroatoms. The first-order valence-electron chi connectivity index (χ1n) is 9.51. The molecule has 0 aromatic heterocycles. The average Bonchev–Trinajstić information content (AvgIpc) is 2.77. The molecule has 160 valence electrons. The molecule has 0 aliphatic heterocycles. The van der Waals surface area contributed by atoms with Gasteiger partial charge in [-0.1, -0.05) is 48.0 Å². The summed E-state index contributed by atoms with van der Waals surface area (Å²) < 4.78 is 28.7. The predicted molar refractivity (Wildman–Crippen MR) is 132 cm³/mol. The van der Waals surface area contributed by atoms with E-state index in [1.807, 2.05) is 31.2 Å². The molecule has 0 unspecified atom stereocenters. The van der Waals surface area contributed by atoms with Crippen LogP contribution >= 0.6 is 22.6 Å². The molecule has 3 aromatic carbocycles. The van der Waals surface area contributed by atoms with Crippen LogP contribution in [0, 0.1) is 10.5 Å². The zero-order valence-corrected chi connectivity index (χ0v) is 20.1. The number of carbonyl (C=O) groups excluding carboxylic acids is 1. The SMILES string of the molecule is C/C(=N/NC(=O)CN(c1ccccc1)S(=O)(=O)c1ccc(C)cc1)c1ccc(I)cc1. The van der Waals surface area contributed by atoms with E-state index in [1.165, 1.54) is 12.1 Å². The zero-order chi connectivity index (χ0) is 22.4. The summed E-state index contributed by atoms with van der Waals surface area (Å²) in [5.41, 5.74) is 5.31. The second-order valence-electron chi connectivity index (χ2n) is 6.90. The Balaban J connectivity index is 1.83. The van der Waals surface area contributed by atoms with Gasteiger partial charge >= 0.3 is 0 Å². The number of para-hydroxylation sites is 1. The van der Waals surface area contributed by atoms with Crippen LogP contribution in [0.1, 0.15) is 18.1 Å². The van der Waals surface area contributed by atoms with Crippen molar-refractivity contribution in [3.8, 4) is 0 Å². The lowest BCUT2D eigenvalue weighted by atomic mass is 10.1. The van der Waals surface area contributed by atoms with Crippen LogP contribution < -0.4 is 9.73 Å². The largest absolute Gasteiger partial charge is 0.271 e. The van der Waals surface area contributed by atoms with E-state index < -0.39 is 22.5 Å². The molecule has 0 atom stereocenters. The van der Waals surface area contributed by atoms with Gasteiger partial charge in [-0.15, -0.1) is 0 Å². The summed E-state index contributed by atoms with van der Waals surface area (Å²) in [6, 6.07) is 22.8. The molecule has 0 aliphatic carbocycles. The van der Waals surface area contributed by atoms with Gasteiger partial charge in [0.15, 0.2) is 0 Å². The van der Waals surface area contributed by atoms with Gasteiger partial charge in [-0.3, -0.25) is 9.10 Å². The minimum Gasteiger partial charge on any atom is -0.271 e. The maximum atomic E-state index is 13.3. The quantitative estimate of drug-likeness (QED) is 0.272. The van der Waals surface area contributed by atoms with Crippen molar-refractivity contribution in [1.29, 1.82) is 0 Å². The van der Waals surface area contributed by atoms with E-state index >= 15 is 0 Å². The summed E-state index contributed by atoms with van der Waals surface area (Å²) in [5, 5.41) is 4.13. The first-order chi connectivity index (χ1) is 14.8. The number of hydrogen-bond acceptors (Lipinski definition) is 4. The summed E-state index contributed by atoms with van der Waals surface area (Å²) in [6.45, 7) is 3.26. The van der Waals surface area contributed by atoms with Crippen molar-refractivity contribution in [3.05, 3.63) is 93.6 Å². The number of nitrogens with zero attached hydrogens (tertiary/aromatic N) is 2. The average molecular weight is 547 g/mol. The summed E-state index contributed by atoms with van der Waals surface area (Å²) in [4.78, 5) is 12.7. The molecular weight excluding hydrogens is 525 g/mol. The van der Waals surface area contributed by atoms with Gasteiger partial charge in [0.1, 0.15) is 6.54 Å². The normalized spacial score (nSPS) is 11.8. The van der Waals surface area contributed by atoms with Gasteiger partial charge in [-0.05, 0) is 78.4 Å². The molecule has 0 fully saturated rings. The zero-order valence-electron chi connectivity index (χ0n) is 17.1. The molecule has 31 heavy (non-hydrogen) atoms. The Hall–Kier alpha value is -2.72. The number of aryl methyl sites for hydroxylation is 1. The number of carbonyl (C=O) groups is 1. The summed E-state index contributed by atoms with van der Waals surface area (Å²) in [5.74, 6) is -0.538. The van der Waals surface area contributed by atoms with Crippen LogP contribution in [-0.2, 0) is 14.8 Å². The van der Waals surface area contributed by atoms with Gasteiger partial charge < -0.3 is 0 Å². The summed E-state index contributed by atoms with van der Waals surface area (Å²) in [7, 11) is -3.94. The molecule has 0 saturated heterocycles. The third kappa shape index (κ3) is 5.92. The van der Waals surface area contributed by atoms with E-state index in [4.69, 9.17) is 0 Å². The highest BCUT2D eigenvalue weighted by molar-refractivity contribution is 14.1. The maximum Gasteiger partial charge on any atom is 0.264 e. The molecule has 0 aliphatic rings. The lowest BCUT2D eigenvalue weighted by molar-refractivity contribution is -0.119. The molecule has 0 radical (unpaired) electrons. The van der Waals surface area contributed by atoms with Crippen LogP contribution in [0.15, 0.2) is 88.9 Å². The van der Waals surface area contributed by atoms with Crippen LogP contribution in [0.4, 0.5) is 5.69 Å². The molecule has 3 aromatic rings. The monoisotopic (exact) mass is 547 g/mol. The Morgan fingerprint density at radius 2 is 1.58 bits per heavy atom. The number of halogens is 1. The minimum atomic E-state index is -3.94. The summed E-state index contributed by atoms with van der Waals surface area (Å²) in [6.07, 6.45) is 0. The van der Waals surface area contributed by atoms with Gasteiger partial charge in [0, 0.05) is 3.57 Å². The number of hydrazone groups is 1. The Morgan fingerprint density at radius 3 is 2.19 bits per heavy atom. The van der Waals surface area contributed by atoms with E-state index in [-0.39, 0.29) is 4.90 Å². The van der Waals surface area contributed by atoms with Crippen LogP contribution in [0.5, 0.6) is 0 Å². The third-order valence-electron chi connectivity index (χ3n) is 4.55. The van der Waals surface area contributed by atoms with E-state index in [0.29, 0.717) is 11.4 Å². The first-order valence-corrected chi connectivity index (χ1v) is 12.0. The molecule has 6 nitrogen and oxygen atoms in total. The Bertz CT molecular complexity index is 1180. The second kappa shape index (κ2) is 10.1. The molecular formula is C23H22IN3O3S. The predicted octanol–water partition coefficient (Wildman–Crippen LogP) is 4.34. The number of benzene rings is 3. The minimum absolute atomic E-state index is 0.119. The second-order valence-corrected chi connectivity index (χ2v) is 10.0. The fourth-order valence-electron chi connectivity index (χ4n) is 2.81. The smallest absolute Gasteiger partial charge is 0.264 e. The lowest BCUT2D eigenvalue weighted by Gasteiger charge is -2.23. The first kappa shape index (κ1) is 23.0. The van der Waals surface area contributed by atoms with Crippen molar-refractivity contribution in [2.24, 2.45) is 5.10 Å². The summed E-state index contributed by atoms with van der Waals surface area (Å²) >= 11 is 2.21. The van der Waals surface area contributed by atoms with Gasteiger partial charge in [-0.2, -0.15) is 5.10 Å². The third-order valence-corrected chi connectivity index (χ3v) is 7.06. The van der Waals surface area contributed by atoms with Gasteiger partial charge in [0.2, 0.25) is 0 Å². The highest BCUT2D eigenvalue weighted by Gasteiger charge is 2.27. The van der Waals surface area contributed by atoms with Crippen molar-refractivity contribution >= 4 is 49.9 Å². The van der Waals surface area contributed by atoms with E-state index in [0.717, 1.165) is 19.0 Å². The van der Waals surface area contributed by atoms with E-state index in [9.17, 15) is 13.2 Å². The molecule has 0 heterocycles. The van der Waals surface area contributed by atoms with Crippen molar-refractivity contribution in [2.75, 3.05) is 10.8 Å². The highest BCUT2D eigenvalue weighted by Crippen LogP contribution is 2.23. The van der Waals surface area contributed by atoms with Gasteiger partial charge in [-0.25, -0.2) is 13.8 Å². The fraction of sp³-hybridized carbons (Fsp3) is 0.130. The Labute approximate surface area is 196 Å². The van der Waals surface area contributed by atoms with Gasteiger partial charge in [0.05, 0.1) is 16.3 Å². The molecule has 0 spiro atoms. The number of nitrogens with one attached hydrogen (secondary N) is 1. The topological polar surface area (TPSA) is 78.8 Å². The lowest BCUT2D eigenvalue weighted by Crippen LogP contribution is -2.39. The number of anilines is 1.